The van der Waals surface area contributed by atoms with Crippen molar-refractivity contribution in [2.75, 3.05) is 6.61 Å². The standard InChI is InChI=1S/C21H24N4O4/c1-13(2)10-25-19(27)16-7-5-4-6-15(16)18(24-25)20(28)29-11-17(26)23-21(3,12-22)14-8-9-14/h4-7,13-14H,8-11H2,1-3H3,(H,23,26)/t21-/m0/s1. The minimum atomic E-state index is -0.959. The van der Waals surface area contributed by atoms with E-state index < -0.39 is 24.0 Å². The molecule has 0 spiro atoms. The van der Waals surface area contributed by atoms with E-state index in [9.17, 15) is 19.6 Å². The molecule has 29 heavy (non-hydrogen) atoms. The summed E-state index contributed by atoms with van der Waals surface area (Å²) in [5.74, 6) is -1.06. The molecule has 1 fully saturated rings. The number of rotatable bonds is 7. The number of benzene rings is 1. The molecular weight excluding hydrogens is 372 g/mol. The molecule has 1 aromatic heterocycles. The second-order valence-corrected chi connectivity index (χ2v) is 7.99. The quantitative estimate of drug-likeness (QED) is 0.716. The minimum Gasteiger partial charge on any atom is -0.451 e. The van der Waals surface area contributed by atoms with Gasteiger partial charge in [0.2, 0.25) is 0 Å². The number of nitrogens with zero attached hydrogens (tertiary/aromatic N) is 3. The maximum absolute atomic E-state index is 12.6. The molecule has 1 aliphatic rings. The Morgan fingerprint density at radius 2 is 2.00 bits per heavy atom. The fourth-order valence-electron chi connectivity index (χ4n) is 3.26. The van der Waals surface area contributed by atoms with Gasteiger partial charge < -0.3 is 10.1 Å². The van der Waals surface area contributed by atoms with Crippen LogP contribution in [0.4, 0.5) is 0 Å². The number of nitriles is 1. The molecule has 0 saturated heterocycles. The van der Waals surface area contributed by atoms with Crippen LogP contribution in [-0.4, -0.2) is 33.8 Å². The number of aromatic nitrogens is 2. The monoisotopic (exact) mass is 396 g/mol. The molecule has 1 heterocycles. The van der Waals surface area contributed by atoms with Crippen LogP contribution in [-0.2, 0) is 16.1 Å². The Labute approximate surface area is 168 Å². The van der Waals surface area contributed by atoms with Crippen LogP contribution in [0.2, 0.25) is 0 Å². The van der Waals surface area contributed by atoms with E-state index in [1.807, 2.05) is 13.8 Å². The summed E-state index contributed by atoms with van der Waals surface area (Å²) in [7, 11) is 0. The Morgan fingerprint density at radius 3 is 2.59 bits per heavy atom. The van der Waals surface area contributed by atoms with Crippen molar-refractivity contribution in [2.24, 2.45) is 11.8 Å². The maximum atomic E-state index is 12.6. The first kappa shape index (κ1) is 20.5. The largest absolute Gasteiger partial charge is 0.451 e. The van der Waals surface area contributed by atoms with Gasteiger partial charge in [0.25, 0.3) is 11.5 Å². The molecule has 0 radical (unpaired) electrons. The van der Waals surface area contributed by atoms with Gasteiger partial charge in [-0.3, -0.25) is 9.59 Å². The Balaban J connectivity index is 1.80. The molecule has 1 aromatic carbocycles. The summed E-state index contributed by atoms with van der Waals surface area (Å²) < 4.78 is 6.40. The molecule has 1 N–H and O–H groups in total. The van der Waals surface area contributed by atoms with Crippen molar-refractivity contribution < 1.29 is 14.3 Å². The average molecular weight is 396 g/mol. The number of hydrogen-bond donors (Lipinski definition) is 1. The zero-order chi connectivity index (χ0) is 21.2. The summed E-state index contributed by atoms with van der Waals surface area (Å²) >= 11 is 0. The number of fused-ring (bicyclic) bond motifs is 1. The van der Waals surface area contributed by atoms with Gasteiger partial charge in [0.1, 0.15) is 5.54 Å². The topological polar surface area (TPSA) is 114 Å². The van der Waals surface area contributed by atoms with Gasteiger partial charge in [-0.05, 0) is 37.7 Å². The lowest BCUT2D eigenvalue weighted by Gasteiger charge is -2.22. The highest BCUT2D eigenvalue weighted by atomic mass is 16.5. The Morgan fingerprint density at radius 1 is 1.34 bits per heavy atom. The van der Waals surface area contributed by atoms with Crippen molar-refractivity contribution in [2.45, 2.75) is 45.7 Å². The lowest BCUT2D eigenvalue weighted by atomic mass is 9.98. The highest BCUT2D eigenvalue weighted by molar-refractivity contribution is 6.02. The fraction of sp³-hybridized carbons (Fsp3) is 0.476. The number of amides is 1. The first-order chi connectivity index (χ1) is 13.7. The number of ether oxygens (including phenoxy) is 1. The Hall–Kier alpha value is -3.21. The average Bonchev–Trinajstić information content (AvgIpc) is 3.54. The van der Waals surface area contributed by atoms with Crippen LogP contribution < -0.4 is 10.9 Å². The number of carbonyl (C=O) groups excluding carboxylic acids is 2. The van der Waals surface area contributed by atoms with Crippen molar-refractivity contribution in [3.8, 4) is 6.07 Å². The van der Waals surface area contributed by atoms with Gasteiger partial charge >= 0.3 is 5.97 Å². The molecule has 152 valence electrons. The Kier molecular flexibility index (Phi) is 5.69. The second kappa shape index (κ2) is 8.03. The molecule has 3 rings (SSSR count). The molecule has 2 aromatic rings. The van der Waals surface area contributed by atoms with Crippen molar-refractivity contribution in [3.63, 3.8) is 0 Å². The van der Waals surface area contributed by atoms with Crippen molar-refractivity contribution in [1.82, 2.24) is 15.1 Å². The summed E-state index contributed by atoms with van der Waals surface area (Å²) in [5.41, 5.74) is -1.25. The van der Waals surface area contributed by atoms with E-state index in [1.165, 1.54) is 4.68 Å². The van der Waals surface area contributed by atoms with Crippen LogP contribution in [0.1, 0.15) is 44.1 Å². The normalized spacial score (nSPS) is 15.6. The van der Waals surface area contributed by atoms with E-state index in [4.69, 9.17) is 4.74 Å². The molecule has 1 atom stereocenters. The van der Waals surface area contributed by atoms with Gasteiger partial charge in [-0.1, -0.05) is 32.0 Å². The van der Waals surface area contributed by atoms with Gasteiger partial charge in [0, 0.05) is 11.9 Å². The highest BCUT2D eigenvalue weighted by Crippen LogP contribution is 2.39. The van der Waals surface area contributed by atoms with E-state index in [-0.39, 0.29) is 23.1 Å². The Bertz CT molecular complexity index is 1050. The molecule has 0 bridgehead atoms. The van der Waals surface area contributed by atoms with Gasteiger partial charge in [0.15, 0.2) is 12.3 Å². The van der Waals surface area contributed by atoms with E-state index >= 15 is 0 Å². The van der Waals surface area contributed by atoms with Crippen molar-refractivity contribution in [1.29, 1.82) is 5.26 Å². The van der Waals surface area contributed by atoms with E-state index in [2.05, 4.69) is 16.5 Å². The zero-order valence-electron chi connectivity index (χ0n) is 16.8. The second-order valence-electron chi connectivity index (χ2n) is 7.99. The molecule has 1 aliphatic carbocycles. The SMILES string of the molecule is CC(C)Cn1nc(C(=O)OCC(=O)N[C@@](C)(C#N)C2CC2)c2ccccc2c1=O. The van der Waals surface area contributed by atoms with Crippen LogP contribution in [0, 0.1) is 23.2 Å². The molecule has 1 saturated carbocycles. The molecule has 8 nitrogen and oxygen atoms in total. The molecule has 1 amide bonds. The maximum Gasteiger partial charge on any atom is 0.359 e. The third-order valence-corrected chi connectivity index (χ3v) is 4.96. The van der Waals surface area contributed by atoms with E-state index in [0.717, 1.165) is 12.8 Å². The number of nitrogens with one attached hydrogen (secondary N) is 1. The van der Waals surface area contributed by atoms with Crippen LogP contribution in [0.25, 0.3) is 10.8 Å². The fourth-order valence-corrected chi connectivity index (χ4v) is 3.26. The predicted octanol–water partition coefficient (Wildman–Crippen LogP) is 2.02. The summed E-state index contributed by atoms with van der Waals surface area (Å²) in [6.07, 6.45) is 1.77. The molecular formula is C21H24N4O4. The summed E-state index contributed by atoms with van der Waals surface area (Å²) in [4.78, 5) is 37.5. The third kappa shape index (κ3) is 4.45. The van der Waals surface area contributed by atoms with Crippen LogP contribution in [0.15, 0.2) is 29.1 Å². The van der Waals surface area contributed by atoms with Crippen LogP contribution >= 0.6 is 0 Å². The van der Waals surface area contributed by atoms with E-state index in [1.54, 1.807) is 31.2 Å². The summed E-state index contributed by atoms with van der Waals surface area (Å²) in [6, 6.07) is 8.80. The lowest BCUT2D eigenvalue weighted by molar-refractivity contribution is -0.125. The first-order valence-electron chi connectivity index (χ1n) is 9.64. The number of carbonyl (C=O) groups is 2. The summed E-state index contributed by atoms with van der Waals surface area (Å²) in [5, 5.41) is 16.9. The number of esters is 1. The molecule has 0 unspecified atom stereocenters. The zero-order valence-corrected chi connectivity index (χ0v) is 16.8. The lowest BCUT2D eigenvalue weighted by Crippen LogP contribution is -2.48. The van der Waals surface area contributed by atoms with Crippen molar-refractivity contribution >= 4 is 22.6 Å². The van der Waals surface area contributed by atoms with Gasteiger partial charge in [-0.15, -0.1) is 0 Å². The highest BCUT2D eigenvalue weighted by Gasteiger charge is 2.43. The first-order valence-corrected chi connectivity index (χ1v) is 9.64. The van der Waals surface area contributed by atoms with Gasteiger partial charge in [-0.2, -0.15) is 10.4 Å². The van der Waals surface area contributed by atoms with E-state index in [0.29, 0.717) is 17.3 Å². The number of hydrogen-bond acceptors (Lipinski definition) is 6. The minimum absolute atomic E-state index is 0.0149. The molecule has 0 aliphatic heterocycles. The predicted molar refractivity (Wildman–Crippen MR) is 106 cm³/mol. The van der Waals surface area contributed by atoms with Gasteiger partial charge in [0.05, 0.1) is 11.5 Å². The summed E-state index contributed by atoms with van der Waals surface area (Å²) in [6.45, 7) is 5.38. The smallest absolute Gasteiger partial charge is 0.359 e. The molecule has 8 heteroatoms. The van der Waals surface area contributed by atoms with Crippen LogP contribution in [0.3, 0.4) is 0 Å². The van der Waals surface area contributed by atoms with Gasteiger partial charge in [-0.25, -0.2) is 9.48 Å². The van der Waals surface area contributed by atoms with Crippen molar-refractivity contribution in [3.05, 3.63) is 40.3 Å². The third-order valence-electron chi connectivity index (χ3n) is 4.96. The van der Waals surface area contributed by atoms with Crippen LogP contribution in [0.5, 0.6) is 0 Å².